The number of carbonyl (C=O) groups is 2. The van der Waals surface area contributed by atoms with Crippen molar-refractivity contribution < 1.29 is 23.8 Å². The number of piperazine rings is 1. The summed E-state index contributed by atoms with van der Waals surface area (Å²) >= 11 is 0. The van der Waals surface area contributed by atoms with Crippen molar-refractivity contribution in [3.05, 3.63) is 17.7 Å². The van der Waals surface area contributed by atoms with Crippen LogP contribution in [0.2, 0.25) is 0 Å². The molecule has 0 bridgehead atoms. The highest BCUT2D eigenvalue weighted by molar-refractivity contribution is 5.96. The molecule has 1 aliphatic carbocycles. The van der Waals surface area contributed by atoms with Gasteiger partial charge in [-0.05, 0) is 25.0 Å². The summed E-state index contributed by atoms with van der Waals surface area (Å²) in [5.41, 5.74) is 0.488. The Morgan fingerprint density at radius 2 is 1.36 bits per heavy atom. The molecule has 2 amide bonds. The molecule has 2 aliphatic rings. The predicted molar refractivity (Wildman–Crippen MR) is 105 cm³/mol. The fourth-order valence-corrected chi connectivity index (χ4v) is 4.12. The molecule has 1 saturated carbocycles. The van der Waals surface area contributed by atoms with Crippen molar-refractivity contribution in [1.29, 1.82) is 0 Å². The summed E-state index contributed by atoms with van der Waals surface area (Å²) in [6.07, 6.45) is 5.54. The van der Waals surface area contributed by atoms with Gasteiger partial charge in [-0.3, -0.25) is 9.59 Å². The highest BCUT2D eigenvalue weighted by atomic mass is 16.5. The summed E-state index contributed by atoms with van der Waals surface area (Å²) in [6.45, 7) is 2.25. The quantitative estimate of drug-likeness (QED) is 0.773. The van der Waals surface area contributed by atoms with Crippen LogP contribution in [0.4, 0.5) is 0 Å². The Labute approximate surface area is 166 Å². The van der Waals surface area contributed by atoms with Crippen LogP contribution < -0.4 is 14.2 Å². The molecule has 1 aromatic rings. The van der Waals surface area contributed by atoms with Crippen molar-refractivity contribution in [1.82, 2.24) is 9.80 Å². The lowest BCUT2D eigenvalue weighted by Crippen LogP contribution is -2.52. The molecular weight excluding hydrogens is 360 g/mol. The van der Waals surface area contributed by atoms with E-state index in [0.717, 1.165) is 25.7 Å². The lowest BCUT2D eigenvalue weighted by molar-refractivity contribution is -0.138. The third-order valence-corrected chi connectivity index (χ3v) is 5.74. The van der Waals surface area contributed by atoms with Crippen LogP contribution in [0.3, 0.4) is 0 Å². The first-order valence-corrected chi connectivity index (χ1v) is 9.97. The number of methoxy groups -OCH3 is 3. The Kier molecular flexibility index (Phi) is 6.65. The minimum absolute atomic E-state index is 0.0935. The van der Waals surface area contributed by atoms with Crippen molar-refractivity contribution in [3.63, 3.8) is 0 Å². The molecule has 28 heavy (non-hydrogen) atoms. The number of ether oxygens (including phenoxy) is 3. The number of rotatable bonds is 5. The fourth-order valence-electron chi connectivity index (χ4n) is 4.12. The second-order valence-corrected chi connectivity index (χ2v) is 7.37. The van der Waals surface area contributed by atoms with Gasteiger partial charge in [-0.1, -0.05) is 19.3 Å². The monoisotopic (exact) mass is 390 g/mol. The van der Waals surface area contributed by atoms with Gasteiger partial charge in [-0.2, -0.15) is 0 Å². The fraction of sp³-hybridized carbons (Fsp3) is 0.619. The standard InChI is InChI=1S/C21H30N2O5/c1-26-17-13-16(14-18(27-2)19(17)28-3)21(25)23-11-9-22(10-12-23)20(24)15-7-5-4-6-8-15/h13-15H,4-12H2,1-3H3. The van der Waals surface area contributed by atoms with Gasteiger partial charge in [-0.15, -0.1) is 0 Å². The first-order valence-electron chi connectivity index (χ1n) is 9.97. The predicted octanol–water partition coefficient (Wildman–Crippen LogP) is 2.58. The highest BCUT2D eigenvalue weighted by Gasteiger charge is 2.30. The van der Waals surface area contributed by atoms with Gasteiger partial charge in [0.1, 0.15) is 0 Å². The summed E-state index contributed by atoms with van der Waals surface area (Å²) in [5, 5.41) is 0. The van der Waals surface area contributed by atoms with E-state index in [0.29, 0.717) is 49.0 Å². The molecule has 0 atom stereocenters. The van der Waals surface area contributed by atoms with Gasteiger partial charge in [0.15, 0.2) is 11.5 Å². The van der Waals surface area contributed by atoms with E-state index in [1.807, 2.05) is 4.90 Å². The van der Waals surface area contributed by atoms with Crippen molar-refractivity contribution >= 4 is 11.8 Å². The average molecular weight is 390 g/mol. The molecule has 0 spiro atoms. The topological polar surface area (TPSA) is 68.3 Å². The Morgan fingerprint density at radius 3 is 1.86 bits per heavy atom. The zero-order chi connectivity index (χ0) is 20.1. The minimum atomic E-state index is -0.0935. The van der Waals surface area contributed by atoms with Crippen LogP contribution in [0.25, 0.3) is 0 Å². The molecule has 1 aliphatic heterocycles. The summed E-state index contributed by atoms with van der Waals surface area (Å²) in [5.74, 6) is 1.71. The maximum atomic E-state index is 13.0. The SMILES string of the molecule is COc1cc(C(=O)N2CCN(C(=O)C3CCCCC3)CC2)cc(OC)c1OC. The first kappa shape index (κ1) is 20.3. The normalized spacial score (nSPS) is 18.0. The molecule has 154 valence electrons. The van der Waals surface area contributed by atoms with Gasteiger partial charge in [0.25, 0.3) is 5.91 Å². The van der Waals surface area contributed by atoms with E-state index in [1.54, 1.807) is 17.0 Å². The smallest absolute Gasteiger partial charge is 0.254 e. The summed E-state index contributed by atoms with van der Waals surface area (Å²) in [4.78, 5) is 29.4. The maximum absolute atomic E-state index is 13.0. The molecular formula is C21H30N2O5. The number of benzene rings is 1. The number of nitrogens with zero attached hydrogens (tertiary/aromatic N) is 2. The van der Waals surface area contributed by atoms with E-state index in [9.17, 15) is 9.59 Å². The highest BCUT2D eigenvalue weighted by Crippen LogP contribution is 2.38. The van der Waals surface area contributed by atoms with E-state index in [2.05, 4.69) is 0 Å². The number of carbonyl (C=O) groups excluding carboxylic acids is 2. The third kappa shape index (κ3) is 4.18. The van der Waals surface area contributed by atoms with Crippen LogP contribution in [0, 0.1) is 5.92 Å². The Hall–Kier alpha value is -2.44. The van der Waals surface area contributed by atoms with Crippen LogP contribution in [0.5, 0.6) is 17.2 Å². The van der Waals surface area contributed by atoms with Crippen LogP contribution in [-0.4, -0.2) is 69.1 Å². The summed E-state index contributed by atoms with van der Waals surface area (Å²) in [7, 11) is 4.59. The number of hydrogen-bond acceptors (Lipinski definition) is 5. The number of amides is 2. The third-order valence-electron chi connectivity index (χ3n) is 5.74. The van der Waals surface area contributed by atoms with Gasteiger partial charge in [0, 0.05) is 37.7 Å². The second kappa shape index (κ2) is 9.17. The molecule has 1 saturated heterocycles. The van der Waals surface area contributed by atoms with Gasteiger partial charge in [0.05, 0.1) is 21.3 Å². The van der Waals surface area contributed by atoms with Crippen molar-refractivity contribution in [2.24, 2.45) is 5.92 Å². The van der Waals surface area contributed by atoms with Crippen molar-refractivity contribution in [3.8, 4) is 17.2 Å². The lowest BCUT2D eigenvalue weighted by atomic mass is 9.88. The largest absolute Gasteiger partial charge is 0.493 e. The minimum Gasteiger partial charge on any atom is -0.493 e. The Morgan fingerprint density at radius 1 is 0.821 bits per heavy atom. The van der Waals surface area contributed by atoms with Crippen LogP contribution in [0.1, 0.15) is 42.5 Å². The summed E-state index contributed by atoms with van der Waals surface area (Å²) < 4.78 is 16.0. The molecule has 1 aromatic carbocycles. The molecule has 0 N–H and O–H groups in total. The molecule has 2 fully saturated rings. The average Bonchev–Trinajstić information content (AvgIpc) is 2.77. The van der Waals surface area contributed by atoms with Crippen molar-refractivity contribution in [2.45, 2.75) is 32.1 Å². The summed E-state index contributed by atoms with van der Waals surface area (Å²) in [6, 6.07) is 3.34. The molecule has 0 aromatic heterocycles. The molecule has 0 radical (unpaired) electrons. The van der Waals surface area contributed by atoms with E-state index in [4.69, 9.17) is 14.2 Å². The van der Waals surface area contributed by atoms with Crippen LogP contribution in [-0.2, 0) is 4.79 Å². The molecule has 3 rings (SSSR count). The molecule has 1 heterocycles. The molecule has 7 heteroatoms. The van der Waals surface area contributed by atoms with Gasteiger partial charge >= 0.3 is 0 Å². The second-order valence-electron chi connectivity index (χ2n) is 7.37. The zero-order valence-corrected chi connectivity index (χ0v) is 17.0. The van der Waals surface area contributed by atoms with Crippen molar-refractivity contribution in [2.75, 3.05) is 47.5 Å². The van der Waals surface area contributed by atoms with E-state index >= 15 is 0 Å². The van der Waals surface area contributed by atoms with Gasteiger partial charge in [0.2, 0.25) is 11.7 Å². The van der Waals surface area contributed by atoms with Gasteiger partial charge in [-0.25, -0.2) is 0 Å². The van der Waals surface area contributed by atoms with E-state index in [1.165, 1.54) is 27.8 Å². The van der Waals surface area contributed by atoms with Gasteiger partial charge < -0.3 is 24.0 Å². The maximum Gasteiger partial charge on any atom is 0.254 e. The van der Waals surface area contributed by atoms with Crippen LogP contribution in [0.15, 0.2) is 12.1 Å². The van der Waals surface area contributed by atoms with E-state index in [-0.39, 0.29) is 17.7 Å². The lowest BCUT2D eigenvalue weighted by Gasteiger charge is -2.37. The first-order chi connectivity index (χ1) is 13.6. The Bertz CT molecular complexity index is 682. The molecule has 0 unspecified atom stereocenters. The van der Waals surface area contributed by atoms with E-state index < -0.39 is 0 Å². The van der Waals surface area contributed by atoms with Crippen LogP contribution >= 0.6 is 0 Å². The Balaban J connectivity index is 1.66. The zero-order valence-electron chi connectivity index (χ0n) is 17.0. The number of hydrogen-bond donors (Lipinski definition) is 0. The molecule has 7 nitrogen and oxygen atoms in total.